The summed E-state index contributed by atoms with van der Waals surface area (Å²) in [7, 11) is 0. The van der Waals surface area contributed by atoms with Crippen LogP contribution in [0.25, 0.3) is 0 Å². The van der Waals surface area contributed by atoms with Crippen LogP contribution < -0.4 is 11.1 Å². The van der Waals surface area contributed by atoms with Crippen molar-refractivity contribution in [2.24, 2.45) is 17.1 Å². The smallest absolute Gasteiger partial charge is 0.00420 e. The highest BCUT2D eigenvalue weighted by Gasteiger charge is 2.22. The van der Waals surface area contributed by atoms with Gasteiger partial charge in [-0.2, -0.15) is 0 Å². The Hall–Kier alpha value is -0.0800. The minimum Gasteiger partial charge on any atom is -0.328 e. The quantitative estimate of drug-likeness (QED) is 0.639. The van der Waals surface area contributed by atoms with Crippen molar-refractivity contribution in [2.75, 3.05) is 13.1 Å². The van der Waals surface area contributed by atoms with E-state index >= 15 is 0 Å². The van der Waals surface area contributed by atoms with Gasteiger partial charge in [0.15, 0.2) is 0 Å². The second-order valence-corrected chi connectivity index (χ2v) is 6.69. The highest BCUT2D eigenvalue weighted by molar-refractivity contribution is 4.80. The van der Waals surface area contributed by atoms with E-state index in [1.807, 2.05) is 0 Å². The van der Waals surface area contributed by atoms with Gasteiger partial charge in [-0.25, -0.2) is 0 Å². The van der Waals surface area contributed by atoms with Crippen LogP contribution in [0.15, 0.2) is 0 Å². The van der Waals surface area contributed by atoms with Gasteiger partial charge in [-0.3, -0.25) is 0 Å². The summed E-state index contributed by atoms with van der Waals surface area (Å²) in [5.74, 6) is 0.830. The Labute approximate surface area is 108 Å². The first kappa shape index (κ1) is 15.0. The zero-order valence-electron chi connectivity index (χ0n) is 12.1. The molecule has 3 N–H and O–H groups in total. The van der Waals surface area contributed by atoms with E-state index in [4.69, 9.17) is 5.73 Å². The summed E-state index contributed by atoms with van der Waals surface area (Å²) < 4.78 is 0. The standard InChI is InChI=1S/C15H32N2/c1-4-5-6-9-15(2,3)12-17-11-13-7-8-14(16)10-13/h13-14,17H,4-12,16H2,1-3H3. The highest BCUT2D eigenvalue weighted by atomic mass is 14.9. The van der Waals surface area contributed by atoms with Crippen LogP contribution in [-0.4, -0.2) is 19.1 Å². The Morgan fingerprint density at radius 3 is 2.59 bits per heavy atom. The lowest BCUT2D eigenvalue weighted by molar-refractivity contribution is 0.293. The molecule has 1 rings (SSSR count). The first-order chi connectivity index (χ1) is 8.03. The summed E-state index contributed by atoms with van der Waals surface area (Å²) in [4.78, 5) is 0. The summed E-state index contributed by atoms with van der Waals surface area (Å²) in [5.41, 5.74) is 6.39. The Balaban J connectivity index is 2.07. The molecule has 0 heterocycles. The average Bonchev–Trinajstić information content (AvgIpc) is 2.64. The molecule has 0 amide bonds. The largest absolute Gasteiger partial charge is 0.328 e. The molecule has 2 heteroatoms. The average molecular weight is 240 g/mol. The summed E-state index contributed by atoms with van der Waals surface area (Å²) in [6, 6.07) is 0.472. The van der Waals surface area contributed by atoms with Gasteiger partial charge in [0, 0.05) is 12.6 Å². The van der Waals surface area contributed by atoms with Crippen molar-refractivity contribution in [3.63, 3.8) is 0 Å². The van der Waals surface area contributed by atoms with E-state index in [2.05, 4.69) is 26.1 Å². The van der Waals surface area contributed by atoms with E-state index in [1.54, 1.807) is 0 Å². The molecule has 0 aliphatic heterocycles. The molecule has 1 saturated carbocycles. The van der Waals surface area contributed by atoms with Crippen LogP contribution in [0.5, 0.6) is 0 Å². The first-order valence-corrected chi connectivity index (χ1v) is 7.50. The molecule has 0 aromatic carbocycles. The van der Waals surface area contributed by atoms with Gasteiger partial charge in [-0.05, 0) is 43.6 Å². The Morgan fingerprint density at radius 2 is 2.00 bits per heavy atom. The van der Waals surface area contributed by atoms with Crippen LogP contribution in [-0.2, 0) is 0 Å². The van der Waals surface area contributed by atoms with Crippen molar-refractivity contribution >= 4 is 0 Å². The van der Waals surface area contributed by atoms with Gasteiger partial charge in [-0.1, -0.05) is 40.0 Å². The van der Waals surface area contributed by atoms with E-state index < -0.39 is 0 Å². The molecule has 0 aromatic heterocycles. The van der Waals surface area contributed by atoms with Crippen LogP contribution >= 0.6 is 0 Å². The fraction of sp³-hybridized carbons (Fsp3) is 1.00. The normalized spacial score (nSPS) is 25.4. The predicted molar refractivity (Wildman–Crippen MR) is 76.1 cm³/mol. The zero-order chi connectivity index (χ0) is 12.7. The fourth-order valence-electron chi connectivity index (χ4n) is 2.86. The van der Waals surface area contributed by atoms with Crippen molar-refractivity contribution in [1.29, 1.82) is 0 Å². The molecule has 0 aromatic rings. The van der Waals surface area contributed by atoms with Crippen LogP contribution in [0.1, 0.15) is 65.7 Å². The Bertz CT molecular complexity index is 201. The Morgan fingerprint density at radius 1 is 1.24 bits per heavy atom. The van der Waals surface area contributed by atoms with E-state index in [1.165, 1.54) is 51.5 Å². The second-order valence-electron chi connectivity index (χ2n) is 6.69. The van der Waals surface area contributed by atoms with Crippen molar-refractivity contribution < 1.29 is 0 Å². The lowest BCUT2D eigenvalue weighted by Crippen LogP contribution is -2.32. The van der Waals surface area contributed by atoms with Gasteiger partial charge in [0.2, 0.25) is 0 Å². The SMILES string of the molecule is CCCCCC(C)(C)CNCC1CCC(N)C1. The van der Waals surface area contributed by atoms with Gasteiger partial charge >= 0.3 is 0 Å². The molecule has 0 saturated heterocycles. The third-order valence-electron chi connectivity index (χ3n) is 4.08. The van der Waals surface area contributed by atoms with Crippen LogP contribution in [0.4, 0.5) is 0 Å². The maximum atomic E-state index is 5.94. The lowest BCUT2D eigenvalue weighted by Gasteiger charge is -2.26. The molecule has 0 bridgehead atoms. The minimum absolute atomic E-state index is 0.454. The van der Waals surface area contributed by atoms with E-state index in [0.29, 0.717) is 11.5 Å². The predicted octanol–water partition coefficient (Wildman–Crippen LogP) is 3.31. The van der Waals surface area contributed by atoms with E-state index in [-0.39, 0.29) is 0 Å². The van der Waals surface area contributed by atoms with Gasteiger partial charge in [0.05, 0.1) is 0 Å². The summed E-state index contributed by atoms with van der Waals surface area (Å²) in [5, 5.41) is 3.66. The highest BCUT2D eigenvalue weighted by Crippen LogP contribution is 2.25. The summed E-state index contributed by atoms with van der Waals surface area (Å²) >= 11 is 0. The maximum absolute atomic E-state index is 5.94. The molecule has 102 valence electrons. The molecule has 2 atom stereocenters. The number of nitrogens with one attached hydrogen (secondary N) is 1. The van der Waals surface area contributed by atoms with Gasteiger partial charge in [0.25, 0.3) is 0 Å². The first-order valence-electron chi connectivity index (χ1n) is 7.50. The summed E-state index contributed by atoms with van der Waals surface area (Å²) in [6.07, 6.45) is 9.20. The molecule has 1 fully saturated rings. The van der Waals surface area contributed by atoms with Crippen molar-refractivity contribution in [3.8, 4) is 0 Å². The zero-order valence-corrected chi connectivity index (χ0v) is 12.1. The third kappa shape index (κ3) is 6.42. The van der Waals surface area contributed by atoms with Gasteiger partial charge < -0.3 is 11.1 Å². The molecule has 1 aliphatic carbocycles. The molecule has 0 radical (unpaired) electrons. The Kier molecular flexibility index (Phi) is 6.50. The van der Waals surface area contributed by atoms with Crippen molar-refractivity contribution in [3.05, 3.63) is 0 Å². The van der Waals surface area contributed by atoms with Gasteiger partial charge in [-0.15, -0.1) is 0 Å². The molecule has 1 aliphatic rings. The molecular formula is C15H32N2. The summed E-state index contributed by atoms with van der Waals surface area (Å²) in [6.45, 7) is 9.37. The minimum atomic E-state index is 0.454. The number of nitrogens with two attached hydrogens (primary N) is 1. The molecular weight excluding hydrogens is 208 g/mol. The number of unbranched alkanes of at least 4 members (excludes halogenated alkanes) is 2. The van der Waals surface area contributed by atoms with Gasteiger partial charge in [0.1, 0.15) is 0 Å². The van der Waals surface area contributed by atoms with Crippen LogP contribution in [0.2, 0.25) is 0 Å². The molecule has 2 unspecified atom stereocenters. The number of rotatable bonds is 8. The topological polar surface area (TPSA) is 38.0 Å². The van der Waals surface area contributed by atoms with Crippen LogP contribution in [0.3, 0.4) is 0 Å². The second kappa shape index (κ2) is 7.38. The van der Waals surface area contributed by atoms with Crippen molar-refractivity contribution in [2.45, 2.75) is 71.8 Å². The maximum Gasteiger partial charge on any atom is 0.00420 e. The van der Waals surface area contributed by atoms with Crippen molar-refractivity contribution in [1.82, 2.24) is 5.32 Å². The van der Waals surface area contributed by atoms with E-state index in [0.717, 1.165) is 12.5 Å². The number of hydrogen-bond acceptors (Lipinski definition) is 2. The fourth-order valence-corrected chi connectivity index (χ4v) is 2.86. The molecule has 0 spiro atoms. The van der Waals surface area contributed by atoms with E-state index in [9.17, 15) is 0 Å². The molecule has 2 nitrogen and oxygen atoms in total. The number of hydrogen-bond donors (Lipinski definition) is 2. The molecule has 17 heavy (non-hydrogen) atoms. The monoisotopic (exact) mass is 240 g/mol. The lowest BCUT2D eigenvalue weighted by atomic mass is 9.86. The third-order valence-corrected chi connectivity index (χ3v) is 4.08. The van der Waals surface area contributed by atoms with Crippen LogP contribution in [0, 0.1) is 11.3 Å².